The van der Waals surface area contributed by atoms with Crippen LogP contribution in [0.4, 0.5) is 10.5 Å². The monoisotopic (exact) mass is 237 g/mol. The molecule has 0 aliphatic carbocycles. The maximum absolute atomic E-state index is 11.3. The smallest absolute Gasteiger partial charge is 0.411 e. The first-order chi connectivity index (χ1) is 7.97. The highest BCUT2D eigenvalue weighted by molar-refractivity contribution is 5.85. The summed E-state index contributed by atoms with van der Waals surface area (Å²) in [5.74, 6) is -0.910. The topological polar surface area (TPSA) is 75.6 Å². The Hall–Kier alpha value is -2.04. The fourth-order valence-electron chi connectivity index (χ4n) is 1.30. The van der Waals surface area contributed by atoms with Crippen molar-refractivity contribution in [3.63, 3.8) is 0 Å². The molecular weight excluding hydrogens is 222 g/mol. The Morgan fingerprint density at radius 1 is 1.41 bits per heavy atom. The Morgan fingerprint density at radius 2 is 2.12 bits per heavy atom. The first-order valence-corrected chi connectivity index (χ1v) is 5.25. The molecule has 17 heavy (non-hydrogen) atoms. The van der Waals surface area contributed by atoms with Crippen LogP contribution in [0.15, 0.2) is 24.3 Å². The molecule has 92 valence electrons. The summed E-state index contributed by atoms with van der Waals surface area (Å²) in [7, 11) is 0. The maximum atomic E-state index is 11.3. The number of carboxylic acids is 1. The third-order valence-corrected chi connectivity index (χ3v) is 1.87. The van der Waals surface area contributed by atoms with Gasteiger partial charge in [-0.1, -0.05) is 12.1 Å². The highest BCUT2D eigenvalue weighted by atomic mass is 16.6. The first-order valence-electron chi connectivity index (χ1n) is 5.25. The summed E-state index contributed by atoms with van der Waals surface area (Å²) in [6.45, 7) is 3.50. The van der Waals surface area contributed by atoms with E-state index in [9.17, 15) is 9.59 Å². The molecule has 2 N–H and O–H groups in total. The summed E-state index contributed by atoms with van der Waals surface area (Å²) in [5, 5.41) is 11.2. The van der Waals surface area contributed by atoms with Crippen molar-refractivity contribution in [2.75, 3.05) is 5.32 Å². The molecule has 0 bridgehead atoms. The molecule has 0 heterocycles. The van der Waals surface area contributed by atoms with Crippen molar-refractivity contribution < 1.29 is 19.4 Å². The van der Waals surface area contributed by atoms with Crippen LogP contribution in [0.25, 0.3) is 0 Å². The van der Waals surface area contributed by atoms with E-state index in [1.807, 2.05) is 0 Å². The lowest BCUT2D eigenvalue weighted by atomic mass is 10.1. The van der Waals surface area contributed by atoms with Gasteiger partial charge in [-0.3, -0.25) is 10.1 Å². The number of hydrogen-bond donors (Lipinski definition) is 2. The van der Waals surface area contributed by atoms with Crippen molar-refractivity contribution in [2.45, 2.75) is 26.4 Å². The lowest BCUT2D eigenvalue weighted by Gasteiger charge is -2.10. The molecule has 5 heteroatoms. The lowest BCUT2D eigenvalue weighted by Crippen LogP contribution is -2.18. The minimum absolute atomic E-state index is 0.0747. The van der Waals surface area contributed by atoms with Gasteiger partial charge in [-0.25, -0.2) is 4.79 Å². The van der Waals surface area contributed by atoms with Gasteiger partial charge in [0.15, 0.2) is 0 Å². The molecule has 0 radical (unpaired) electrons. The van der Waals surface area contributed by atoms with E-state index in [4.69, 9.17) is 9.84 Å². The third-order valence-electron chi connectivity index (χ3n) is 1.87. The second-order valence-corrected chi connectivity index (χ2v) is 3.85. The summed E-state index contributed by atoms with van der Waals surface area (Å²) in [6, 6.07) is 6.65. The predicted molar refractivity (Wildman–Crippen MR) is 63.0 cm³/mol. The number of nitrogens with one attached hydrogen (secondary N) is 1. The van der Waals surface area contributed by atoms with Crippen LogP contribution >= 0.6 is 0 Å². The minimum atomic E-state index is -0.910. The normalized spacial score (nSPS) is 10.1. The van der Waals surface area contributed by atoms with E-state index in [0.717, 1.165) is 0 Å². The van der Waals surface area contributed by atoms with Crippen molar-refractivity contribution in [3.8, 4) is 0 Å². The van der Waals surface area contributed by atoms with E-state index in [1.54, 1.807) is 38.1 Å². The fourth-order valence-corrected chi connectivity index (χ4v) is 1.30. The molecular formula is C12H15NO4. The van der Waals surface area contributed by atoms with Crippen LogP contribution < -0.4 is 5.32 Å². The highest BCUT2D eigenvalue weighted by Crippen LogP contribution is 2.11. The number of hydrogen-bond acceptors (Lipinski definition) is 3. The number of benzene rings is 1. The second kappa shape index (κ2) is 5.89. The van der Waals surface area contributed by atoms with Crippen LogP contribution in [0.5, 0.6) is 0 Å². The molecule has 0 aromatic heterocycles. The van der Waals surface area contributed by atoms with Crippen LogP contribution in [0, 0.1) is 0 Å². The number of ether oxygens (including phenoxy) is 1. The molecule has 0 aliphatic rings. The maximum Gasteiger partial charge on any atom is 0.411 e. The quantitative estimate of drug-likeness (QED) is 0.842. The Morgan fingerprint density at radius 3 is 2.71 bits per heavy atom. The number of carbonyl (C=O) groups is 2. The van der Waals surface area contributed by atoms with Gasteiger partial charge in [0, 0.05) is 5.69 Å². The van der Waals surface area contributed by atoms with Gasteiger partial charge in [-0.15, -0.1) is 0 Å². The van der Waals surface area contributed by atoms with Crippen molar-refractivity contribution >= 4 is 17.7 Å². The zero-order chi connectivity index (χ0) is 12.8. The highest BCUT2D eigenvalue weighted by Gasteiger charge is 2.06. The van der Waals surface area contributed by atoms with Crippen molar-refractivity contribution in [1.82, 2.24) is 0 Å². The SMILES string of the molecule is CC(C)OC(=O)Nc1cccc(CC(=O)O)c1. The molecule has 0 aliphatic heterocycles. The molecule has 1 rings (SSSR count). The molecule has 5 nitrogen and oxygen atoms in total. The second-order valence-electron chi connectivity index (χ2n) is 3.85. The van der Waals surface area contributed by atoms with Crippen LogP contribution in [0.2, 0.25) is 0 Å². The molecule has 0 spiro atoms. The van der Waals surface area contributed by atoms with Gasteiger partial charge in [0.2, 0.25) is 0 Å². The van der Waals surface area contributed by atoms with Crippen LogP contribution in [-0.4, -0.2) is 23.3 Å². The number of carbonyl (C=O) groups excluding carboxylic acids is 1. The first kappa shape index (κ1) is 13.0. The molecule has 1 aromatic rings. The Kier molecular flexibility index (Phi) is 4.51. The Labute approximate surface area is 99.4 Å². The average molecular weight is 237 g/mol. The third kappa shape index (κ3) is 5.01. The van der Waals surface area contributed by atoms with Gasteiger partial charge in [0.1, 0.15) is 0 Å². The van der Waals surface area contributed by atoms with E-state index in [0.29, 0.717) is 11.3 Å². The molecule has 1 amide bonds. The van der Waals surface area contributed by atoms with Crippen LogP contribution in [0.3, 0.4) is 0 Å². The summed E-state index contributed by atoms with van der Waals surface area (Å²) in [5.41, 5.74) is 1.15. The van der Waals surface area contributed by atoms with Crippen molar-refractivity contribution in [2.24, 2.45) is 0 Å². The average Bonchev–Trinajstić information content (AvgIpc) is 2.14. The number of aliphatic carboxylic acids is 1. The zero-order valence-electron chi connectivity index (χ0n) is 9.77. The lowest BCUT2D eigenvalue weighted by molar-refractivity contribution is -0.136. The molecule has 0 saturated heterocycles. The molecule has 0 unspecified atom stereocenters. The Bertz CT molecular complexity index is 415. The predicted octanol–water partition coefficient (Wildman–Crippen LogP) is 2.27. The molecule has 0 atom stereocenters. The number of rotatable bonds is 4. The fraction of sp³-hybridized carbons (Fsp3) is 0.333. The van der Waals surface area contributed by atoms with Crippen molar-refractivity contribution in [3.05, 3.63) is 29.8 Å². The zero-order valence-corrected chi connectivity index (χ0v) is 9.77. The van der Waals surface area contributed by atoms with E-state index < -0.39 is 12.1 Å². The van der Waals surface area contributed by atoms with Crippen LogP contribution in [-0.2, 0) is 16.0 Å². The molecule has 0 saturated carbocycles. The van der Waals surface area contributed by atoms with Gasteiger partial charge in [0.25, 0.3) is 0 Å². The van der Waals surface area contributed by atoms with Gasteiger partial charge < -0.3 is 9.84 Å². The molecule has 1 aromatic carbocycles. The number of carboxylic acid groups (broad SMARTS) is 1. The van der Waals surface area contributed by atoms with Gasteiger partial charge in [-0.2, -0.15) is 0 Å². The van der Waals surface area contributed by atoms with Crippen molar-refractivity contribution in [1.29, 1.82) is 0 Å². The largest absolute Gasteiger partial charge is 0.481 e. The summed E-state index contributed by atoms with van der Waals surface area (Å²) in [6.07, 6.45) is -0.820. The Balaban J connectivity index is 2.65. The molecule has 0 fully saturated rings. The van der Waals surface area contributed by atoms with Crippen LogP contribution in [0.1, 0.15) is 19.4 Å². The summed E-state index contributed by atoms with van der Waals surface area (Å²) >= 11 is 0. The van der Waals surface area contributed by atoms with E-state index in [2.05, 4.69) is 5.32 Å². The minimum Gasteiger partial charge on any atom is -0.481 e. The standard InChI is InChI=1S/C12H15NO4/c1-8(2)17-12(16)13-10-5-3-4-9(6-10)7-11(14)15/h3-6,8H,7H2,1-2H3,(H,13,16)(H,14,15). The number of amides is 1. The van der Waals surface area contributed by atoms with E-state index >= 15 is 0 Å². The number of anilines is 1. The van der Waals surface area contributed by atoms with Gasteiger partial charge in [0.05, 0.1) is 12.5 Å². The van der Waals surface area contributed by atoms with E-state index in [1.165, 1.54) is 0 Å². The summed E-state index contributed by atoms with van der Waals surface area (Å²) in [4.78, 5) is 21.8. The van der Waals surface area contributed by atoms with Gasteiger partial charge >= 0.3 is 12.1 Å². The summed E-state index contributed by atoms with van der Waals surface area (Å²) < 4.78 is 4.91. The van der Waals surface area contributed by atoms with E-state index in [-0.39, 0.29) is 12.5 Å². The van der Waals surface area contributed by atoms with Gasteiger partial charge in [-0.05, 0) is 31.5 Å².